The van der Waals surface area contributed by atoms with Gasteiger partial charge < -0.3 is 9.88 Å². The summed E-state index contributed by atoms with van der Waals surface area (Å²) in [5, 5.41) is 3.42. The number of nitrogens with one attached hydrogen (secondary N) is 1. The molecule has 96 valence electrons. The largest absolute Gasteiger partial charge is 0.329 e. The van der Waals surface area contributed by atoms with Crippen molar-refractivity contribution in [1.29, 1.82) is 0 Å². The van der Waals surface area contributed by atoms with Crippen LogP contribution in [0.5, 0.6) is 0 Å². The van der Waals surface area contributed by atoms with Crippen molar-refractivity contribution < 1.29 is 0 Å². The smallest absolute Gasteiger partial charge is 0.177 e. The van der Waals surface area contributed by atoms with E-state index in [-0.39, 0.29) is 0 Å². The lowest BCUT2D eigenvalue weighted by Gasteiger charge is -2.18. The van der Waals surface area contributed by atoms with Crippen LogP contribution in [0, 0.1) is 0 Å². The third-order valence-corrected chi connectivity index (χ3v) is 3.55. The number of hydrogen-bond acceptors (Lipinski definition) is 4. The molecule has 2 aromatic heterocycles. The van der Waals surface area contributed by atoms with Crippen LogP contribution >= 0.6 is 0 Å². The molecule has 0 bridgehead atoms. The van der Waals surface area contributed by atoms with Gasteiger partial charge in [0.15, 0.2) is 5.65 Å². The molecule has 1 saturated heterocycles. The number of hydrogen-bond donors (Lipinski definition) is 1. The first-order valence-electron chi connectivity index (χ1n) is 6.54. The summed E-state index contributed by atoms with van der Waals surface area (Å²) >= 11 is 0. The Morgan fingerprint density at radius 2 is 2.28 bits per heavy atom. The van der Waals surface area contributed by atoms with Crippen molar-refractivity contribution in [3.63, 3.8) is 0 Å². The summed E-state index contributed by atoms with van der Waals surface area (Å²) in [6.45, 7) is 5.34. The molecule has 0 unspecified atom stereocenters. The van der Waals surface area contributed by atoms with E-state index < -0.39 is 0 Å². The van der Waals surface area contributed by atoms with Gasteiger partial charge in [0.25, 0.3) is 0 Å². The third kappa shape index (κ3) is 2.23. The molecule has 2 aromatic rings. The normalized spacial score (nSPS) is 18.1. The third-order valence-electron chi connectivity index (χ3n) is 3.55. The van der Waals surface area contributed by atoms with E-state index in [0.29, 0.717) is 0 Å². The molecule has 0 spiro atoms. The Morgan fingerprint density at radius 3 is 3.17 bits per heavy atom. The molecule has 1 aliphatic heterocycles. The van der Waals surface area contributed by atoms with Crippen LogP contribution in [0.4, 0.5) is 0 Å². The van der Waals surface area contributed by atoms with Crippen LogP contribution in [0.25, 0.3) is 11.2 Å². The average Bonchev–Trinajstić information content (AvgIpc) is 2.58. The Bertz CT molecular complexity index is 525. The van der Waals surface area contributed by atoms with Crippen molar-refractivity contribution in [2.75, 3.05) is 26.2 Å². The molecule has 3 heterocycles. The molecule has 5 heteroatoms. The quantitative estimate of drug-likeness (QED) is 0.848. The predicted molar refractivity (Wildman–Crippen MR) is 71.3 cm³/mol. The Balaban J connectivity index is 1.83. The average molecular weight is 245 g/mol. The van der Waals surface area contributed by atoms with E-state index in [0.717, 1.165) is 49.7 Å². The minimum atomic E-state index is 0.850. The molecule has 0 aliphatic carbocycles. The molecular weight excluding hydrogens is 226 g/mol. The molecule has 1 N–H and O–H groups in total. The molecule has 3 rings (SSSR count). The van der Waals surface area contributed by atoms with Gasteiger partial charge in [-0.25, -0.2) is 9.97 Å². The van der Waals surface area contributed by atoms with Crippen molar-refractivity contribution in [2.24, 2.45) is 7.05 Å². The number of pyridine rings is 1. The maximum absolute atomic E-state index is 4.63. The number of aromatic nitrogens is 3. The van der Waals surface area contributed by atoms with Gasteiger partial charge in [-0.05, 0) is 31.6 Å². The lowest BCUT2D eigenvalue weighted by molar-refractivity contribution is 0.275. The van der Waals surface area contributed by atoms with Crippen molar-refractivity contribution in [1.82, 2.24) is 24.8 Å². The number of rotatable bonds is 2. The van der Waals surface area contributed by atoms with E-state index >= 15 is 0 Å². The molecule has 0 atom stereocenters. The lowest BCUT2D eigenvalue weighted by atomic mass is 10.4. The molecule has 0 radical (unpaired) electrons. The number of imidazole rings is 1. The topological polar surface area (TPSA) is 46.0 Å². The van der Waals surface area contributed by atoms with E-state index in [1.807, 2.05) is 6.07 Å². The van der Waals surface area contributed by atoms with Gasteiger partial charge in [-0.3, -0.25) is 4.90 Å². The number of nitrogens with zero attached hydrogens (tertiary/aromatic N) is 4. The molecule has 0 aromatic carbocycles. The van der Waals surface area contributed by atoms with Gasteiger partial charge in [-0.15, -0.1) is 0 Å². The van der Waals surface area contributed by atoms with Gasteiger partial charge in [0.05, 0.1) is 12.1 Å². The van der Waals surface area contributed by atoms with Crippen molar-refractivity contribution in [3.05, 3.63) is 24.2 Å². The van der Waals surface area contributed by atoms with Gasteiger partial charge in [-0.2, -0.15) is 0 Å². The fourth-order valence-electron chi connectivity index (χ4n) is 2.47. The van der Waals surface area contributed by atoms with Crippen LogP contribution < -0.4 is 5.32 Å². The van der Waals surface area contributed by atoms with Gasteiger partial charge in [-0.1, -0.05) is 0 Å². The van der Waals surface area contributed by atoms with E-state index in [4.69, 9.17) is 0 Å². The minimum Gasteiger partial charge on any atom is -0.329 e. The van der Waals surface area contributed by atoms with Gasteiger partial charge in [0.2, 0.25) is 0 Å². The first kappa shape index (κ1) is 11.6. The Morgan fingerprint density at radius 1 is 1.33 bits per heavy atom. The summed E-state index contributed by atoms with van der Waals surface area (Å²) in [7, 11) is 2.07. The first-order chi connectivity index (χ1) is 8.84. The lowest BCUT2D eigenvalue weighted by Crippen LogP contribution is -2.28. The maximum Gasteiger partial charge on any atom is 0.177 e. The standard InChI is InChI=1S/C13H19N5/c1-17-11-4-2-6-15-13(11)16-12(17)10-18-8-3-5-14-7-9-18/h2,4,6,14H,3,5,7-10H2,1H3. The van der Waals surface area contributed by atoms with Crippen LogP contribution in [0.1, 0.15) is 12.2 Å². The fraction of sp³-hybridized carbons (Fsp3) is 0.538. The second kappa shape index (κ2) is 5.04. The molecule has 18 heavy (non-hydrogen) atoms. The second-order valence-electron chi connectivity index (χ2n) is 4.81. The zero-order valence-electron chi connectivity index (χ0n) is 10.8. The van der Waals surface area contributed by atoms with E-state index in [2.05, 4.69) is 37.9 Å². The van der Waals surface area contributed by atoms with Crippen LogP contribution in [-0.2, 0) is 13.6 Å². The zero-order valence-corrected chi connectivity index (χ0v) is 10.8. The van der Waals surface area contributed by atoms with E-state index in [1.165, 1.54) is 6.42 Å². The highest BCUT2D eigenvalue weighted by molar-refractivity contribution is 5.71. The highest BCUT2D eigenvalue weighted by atomic mass is 15.2. The summed E-state index contributed by atoms with van der Waals surface area (Å²) in [6, 6.07) is 4.03. The summed E-state index contributed by atoms with van der Waals surface area (Å²) < 4.78 is 2.15. The zero-order chi connectivity index (χ0) is 12.4. The van der Waals surface area contributed by atoms with Crippen LogP contribution in [-0.4, -0.2) is 45.6 Å². The summed E-state index contributed by atoms with van der Waals surface area (Å²) in [4.78, 5) is 11.4. The Labute approximate surface area is 107 Å². The van der Waals surface area contributed by atoms with Crippen LogP contribution in [0.3, 0.4) is 0 Å². The van der Waals surface area contributed by atoms with Crippen molar-refractivity contribution in [2.45, 2.75) is 13.0 Å². The maximum atomic E-state index is 4.63. The molecule has 5 nitrogen and oxygen atoms in total. The minimum absolute atomic E-state index is 0.850. The molecule has 1 fully saturated rings. The Hall–Kier alpha value is -1.46. The molecule has 1 aliphatic rings. The number of aryl methyl sites for hydroxylation is 1. The van der Waals surface area contributed by atoms with Crippen LogP contribution in [0.2, 0.25) is 0 Å². The van der Waals surface area contributed by atoms with Crippen molar-refractivity contribution >= 4 is 11.2 Å². The summed E-state index contributed by atoms with van der Waals surface area (Å²) in [5.41, 5.74) is 1.96. The van der Waals surface area contributed by atoms with Gasteiger partial charge in [0, 0.05) is 26.3 Å². The van der Waals surface area contributed by atoms with Gasteiger partial charge >= 0.3 is 0 Å². The predicted octanol–water partition coefficient (Wildman–Crippen LogP) is 0.764. The van der Waals surface area contributed by atoms with Gasteiger partial charge in [0.1, 0.15) is 5.82 Å². The Kier molecular flexibility index (Phi) is 3.25. The molecular formula is C13H19N5. The summed E-state index contributed by atoms with van der Waals surface area (Å²) in [6.07, 6.45) is 3.01. The second-order valence-corrected chi connectivity index (χ2v) is 4.81. The van der Waals surface area contributed by atoms with E-state index in [9.17, 15) is 0 Å². The molecule has 0 saturated carbocycles. The molecule has 0 amide bonds. The van der Waals surface area contributed by atoms with Crippen molar-refractivity contribution in [3.8, 4) is 0 Å². The first-order valence-corrected chi connectivity index (χ1v) is 6.54. The summed E-state index contributed by atoms with van der Waals surface area (Å²) in [5.74, 6) is 1.10. The SMILES string of the molecule is Cn1c(CN2CCCNCC2)nc2ncccc21. The fourth-order valence-corrected chi connectivity index (χ4v) is 2.47. The highest BCUT2D eigenvalue weighted by Gasteiger charge is 2.13. The van der Waals surface area contributed by atoms with E-state index in [1.54, 1.807) is 6.20 Å². The van der Waals surface area contributed by atoms with Crippen LogP contribution in [0.15, 0.2) is 18.3 Å². The highest BCUT2D eigenvalue weighted by Crippen LogP contribution is 2.13. The monoisotopic (exact) mass is 245 g/mol. The number of fused-ring (bicyclic) bond motifs is 1.